The molecule has 0 spiro atoms. The van der Waals surface area contributed by atoms with Gasteiger partial charge in [0, 0.05) is 41.8 Å². The highest BCUT2D eigenvalue weighted by Gasteiger charge is 2.38. The lowest BCUT2D eigenvalue weighted by Crippen LogP contribution is -2.56. The van der Waals surface area contributed by atoms with Crippen LogP contribution in [0.2, 0.25) is 0 Å². The Morgan fingerprint density at radius 1 is 1.07 bits per heavy atom. The largest absolute Gasteiger partial charge is 0.444 e. The monoisotopic (exact) mass is 598 g/mol. The molecular weight excluding hydrogens is 563 g/mol. The molecule has 42 heavy (non-hydrogen) atoms. The summed E-state index contributed by atoms with van der Waals surface area (Å²) < 4.78 is 19.1. The number of hydrogen-bond acceptors (Lipinski definition) is 7. The van der Waals surface area contributed by atoms with Crippen molar-refractivity contribution in [2.24, 2.45) is 5.92 Å². The van der Waals surface area contributed by atoms with Crippen molar-refractivity contribution in [2.75, 3.05) is 14.1 Å². The van der Waals surface area contributed by atoms with Crippen molar-refractivity contribution >= 4 is 46.1 Å². The number of amides is 4. The van der Waals surface area contributed by atoms with Gasteiger partial charge in [0.1, 0.15) is 17.1 Å². The lowest BCUT2D eigenvalue weighted by Gasteiger charge is -2.37. The zero-order valence-electron chi connectivity index (χ0n) is 24.2. The van der Waals surface area contributed by atoms with Crippen LogP contribution in [0.25, 0.3) is 10.9 Å². The number of carbonyl (C=O) groups excluding carboxylic acids is 4. The molecule has 3 aromatic rings. The molecule has 13 heteroatoms. The molecule has 3 heterocycles. The van der Waals surface area contributed by atoms with Gasteiger partial charge in [-0.05, 0) is 64.3 Å². The van der Waals surface area contributed by atoms with Gasteiger partial charge in [-0.2, -0.15) is 0 Å². The van der Waals surface area contributed by atoms with Gasteiger partial charge in [0.05, 0.1) is 24.8 Å². The Hall–Kier alpha value is -4.00. The summed E-state index contributed by atoms with van der Waals surface area (Å²) in [5, 5.41) is 6.85. The number of nitrogens with one attached hydrogen (secondary N) is 3. The maximum absolute atomic E-state index is 13.6. The predicted molar refractivity (Wildman–Crippen MR) is 154 cm³/mol. The van der Waals surface area contributed by atoms with Gasteiger partial charge in [-0.15, -0.1) is 11.3 Å². The molecule has 3 atom stereocenters. The zero-order chi connectivity index (χ0) is 30.3. The van der Waals surface area contributed by atoms with E-state index >= 15 is 0 Å². The number of halogens is 1. The first kappa shape index (κ1) is 29.5. The SMILES string of the molecule is CN(C)C(=O)[C@H]1CC[C@H](NC(=O)c2cc3cc(F)ccc3[nH]2)[C@H](NC(=O)c2nc3c(s2)CN(C(=O)OC(C)(C)C)C3)C1. The minimum absolute atomic E-state index is 0.0351. The van der Waals surface area contributed by atoms with Gasteiger partial charge in [0.2, 0.25) is 5.91 Å². The smallest absolute Gasteiger partial charge is 0.410 e. The first-order chi connectivity index (χ1) is 19.8. The van der Waals surface area contributed by atoms with E-state index in [1.54, 1.807) is 51.9 Å². The Morgan fingerprint density at radius 3 is 2.50 bits per heavy atom. The molecule has 1 aromatic carbocycles. The molecule has 0 unspecified atom stereocenters. The van der Waals surface area contributed by atoms with Gasteiger partial charge in [-0.3, -0.25) is 19.3 Å². The molecule has 0 radical (unpaired) electrons. The first-order valence-corrected chi connectivity index (χ1v) is 14.7. The number of thiazole rings is 1. The molecular formula is C29H35FN6O5S. The average Bonchev–Trinajstić information content (AvgIpc) is 3.61. The third kappa shape index (κ3) is 6.40. The molecule has 1 saturated carbocycles. The number of H-pyrrole nitrogens is 1. The summed E-state index contributed by atoms with van der Waals surface area (Å²) in [6.07, 6.45) is 0.951. The molecule has 3 N–H and O–H groups in total. The molecule has 1 aliphatic heterocycles. The van der Waals surface area contributed by atoms with Crippen LogP contribution in [0.3, 0.4) is 0 Å². The van der Waals surface area contributed by atoms with E-state index in [1.165, 1.54) is 28.4 Å². The number of rotatable bonds is 5. The number of aromatic amines is 1. The first-order valence-electron chi connectivity index (χ1n) is 13.8. The minimum Gasteiger partial charge on any atom is -0.444 e. The van der Waals surface area contributed by atoms with E-state index < -0.39 is 35.5 Å². The van der Waals surface area contributed by atoms with Crippen LogP contribution in [0.15, 0.2) is 24.3 Å². The van der Waals surface area contributed by atoms with Crippen LogP contribution in [0, 0.1) is 11.7 Å². The lowest BCUT2D eigenvalue weighted by atomic mass is 9.81. The van der Waals surface area contributed by atoms with E-state index in [1.807, 2.05) is 0 Å². The second kappa shape index (κ2) is 11.3. The van der Waals surface area contributed by atoms with E-state index in [-0.39, 0.29) is 35.0 Å². The Bertz CT molecular complexity index is 1520. The van der Waals surface area contributed by atoms with E-state index in [4.69, 9.17) is 4.74 Å². The van der Waals surface area contributed by atoms with E-state index in [0.717, 1.165) is 4.88 Å². The molecule has 0 saturated heterocycles. The number of nitrogens with zero attached hydrogens (tertiary/aromatic N) is 3. The molecule has 224 valence electrons. The van der Waals surface area contributed by atoms with E-state index in [9.17, 15) is 23.6 Å². The van der Waals surface area contributed by atoms with Crippen molar-refractivity contribution in [3.05, 3.63) is 51.4 Å². The van der Waals surface area contributed by atoms with Gasteiger partial charge in [-0.25, -0.2) is 14.2 Å². The normalized spacial score (nSPS) is 20.2. The number of fused-ring (bicyclic) bond motifs is 2. The topological polar surface area (TPSA) is 137 Å². The van der Waals surface area contributed by atoms with Crippen molar-refractivity contribution < 1.29 is 28.3 Å². The summed E-state index contributed by atoms with van der Waals surface area (Å²) >= 11 is 1.21. The Morgan fingerprint density at radius 2 is 1.81 bits per heavy atom. The summed E-state index contributed by atoms with van der Waals surface area (Å²) in [5.74, 6) is -1.53. The fourth-order valence-electron chi connectivity index (χ4n) is 5.39. The van der Waals surface area contributed by atoms with Gasteiger partial charge in [-0.1, -0.05) is 0 Å². The second-order valence-electron chi connectivity index (χ2n) is 12.0. The van der Waals surface area contributed by atoms with Crippen LogP contribution < -0.4 is 10.6 Å². The fourth-order valence-corrected chi connectivity index (χ4v) is 6.38. The van der Waals surface area contributed by atoms with Crippen molar-refractivity contribution in [3.63, 3.8) is 0 Å². The van der Waals surface area contributed by atoms with Gasteiger partial charge < -0.3 is 25.3 Å². The van der Waals surface area contributed by atoms with Crippen LogP contribution >= 0.6 is 11.3 Å². The third-order valence-corrected chi connectivity index (χ3v) is 8.48. The average molecular weight is 599 g/mol. The summed E-state index contributed by atoms with van der Waals surface area (Å²) in [6, 6.07) is 4.86. The van der Waals surface area contributed by atoms with Gasteiger partial charge >= 0.3 is 6.09 Å². The molecule has 1 fully saturated rings. The maximum atomic E-state index is 13.6. The zero-order valence-corrected chi connectivity index (χ0v) is 25.1. The molecule has 2 aromatic heterocycles. The molecule has 2 aliphatic rings. The number of aromatic nitrogens is 2. The van der Waals surface area contributed by atoms with Crippen molar-refractivity contribution in [3.8, 4) is 0 Å². The van der Waals surface area contributed by atoms with Crippen LogP contribution in [-0.2, 0) is 22.6 Å². The molecule has 11 nitrogen and oxygen atoms in total. The summed E-state index contributed by atoms with van der Waals surface area (Å²) in [6.45, 7) is 5.97. The van der Waals surface area contributed by atoms with Crippen LogP contribution in [0.4, 0.5) is 9.18 Å². The van der Waals surface area contributed by atoms with Crippen LogP contribution in [-0.4, -0.2) is 75.4 Å². The van der Waals surface area contributed by atoms with Gasteiger partial charge in [0.25, 0.3) is 11.8 Å². The number of benzene rings is 1. The van der Waals surface area contributed by atoms with Crippen molar-refractivity contribution in [1.82, 2.24) is 30.4 Å². The maximum Gasteiger partial charge on any atom is 0.410 e. The van der Waals surface area contributed by atoms with Crippen LogP contribution in [0.1, 0.15) is 70.9 Å². The van der Waals surface area contributed by atoms with Crippen LogP contribution in [0.5, 0.6) is 0 Å². The Kier molecular flexibility index (Phi) is 7.97. The molecule has 0 bridgehead atoms. The fraction of sp³-hybridized carbons (Fsp3) is 0.483. The standard InChI is InChI=1S/C29H35FN6O5S/c1-29(2,3)41-28(40)36-13-22-23(14-36)42-26(34-22)25(38)33-20-11-15(27(39)35(4)5)6-8-19(20)32-24(37)21-12-16-10-17(30)7-9-18(16)31-21/h7,9-10,12,15,19-20,31H,6,8,11,13-14H2,1-5H3,(H,32,37)(H,33,38)/t15-,19-,20+/m0/s1. The molecule has 1 aliphatic carbocycles. The lowest BCUT2D eigenvalue weighted by molar-refractivity contribution is -0.134. The van der Waals surface area contributed by atoms with E-state index in [0.29, 0.717) is 42.4 Å². The number of ether oxygens (including phenoxy) is 1. The Labute approximate surface area is 246 Å². The quantitative estimate of drug-likeness (QED) is 0.409. The predicted octanol–water partition coefficient (Wildman–Crippen LogP) is 3.80. The number of hydrogen-bond donors (Lipinski definition) is 3. The second-order valence-corrected chi connectivity index (χ2v) is 13.1. The highest BCUT2D eigenvalue weighted by molar-refractivity contribution is 7.13. The summed E-state index contributed by atoms with van der Waals surface area (Å²) in [5.41, 5.74) is 0.947. The summed E-state index contributed by atoms with van der Waals surface area (Å²) in [4.78, 5) is 63.2. The molecule has 5 rings (SSSR count). The molecule has 4 amide bonds. The van der Waals surface area contributed by atoms with Crippen molar-refractivity contribution in [1.29, 1.82) is 0 Å². The minimum atomic E-state index is -0.615. The third-order valence-electron chi connectivity index (χ3n) is 7.40. The Balaban J connectivity index is 1.29. The number of carbonyl (C=O) groups is 4. The van der Waals surface area contributed by atoms with Crippen molar-refractivity contribution in [2.45, 2.75) is 70.8 Å². The van der Waals surface area contributed by atoms with Gasteiger partial charge in [0.15, 0.2) is 5.01 Å². The highest BCUT2D eigenvalue weighted by atomic mass is 32.1. The van der Waals surface area contributed by atoms with E-state index in [2.05, 4.69) is 20.6 Å². The summed E-state index contributed by atoms with van der Waals surface area (Å²) in [7, 11) is 3.39. The highest BCUT2D eigenvalue weighted by Crippen LogP contribution is 2.31.